The smallest absolute Gasteiger partial charge is 0.410 e. The number of benzene rings is 1. The van der Waals surface area contributed by atoms with Gasteiger partial charge in [0.25, 0.3) is 0 Å². The molecule has 1 amide bonds. The molecule has 2 unspecified atom stereocenters. The number of ether oxygens (including phenoxy) is 2. The molecule has 2 atom stereocenters. The van der Waals surface area contributed by atoms with Crippen LogP contribution in [0.2, 0.25) is 0 Å². The van der Waals surface area contributed by atoms with E-state index < -0.39 is 11.6 Å². The third-order valence-corrected chi connectivity index (χ3v) is 6.23. The molecule has 1 saturated carbocycles. The molecule has 2 aliphatic rings. The maximum absolute atomic E-state index is 13.2. The van der Waals surface area contributed by atoms with Crippen LogP contribution >= 0.6 is 0 Å². The number of aliphatic carboxylic acids is 1. The van der Waals surface area contributed by atoms with Crippen LogP contribution < -0.4 is 0 Å². The van der Waals surface area contributed by atoms with E-state index in [9.17, 15) is 9.59 Å². The fourth-order valence-corrected chi connectivity index (χ4v) is 4.54. The SMILES string of the molecule is C/C(=C\c1ccccc1)C1CC1N(C(=O)OC(C)(C)C)C1CCN(CCOCC(=O)O)CC1. The van der Waals surface area contributed by atoms with Crippen LogP contribution in [0.5, 0.6) is 0 Å². The first-order valence-corrected chi connectivity index (χ1v) is 11.9. The van der Waals surface area contributed by atoms with Crippen molar-refractivity contribution in [3.8, 4) is 0 Å². The summed E-state index contributed by atoms with van der Waals surface area (Å²) in [6, 6.07) is 10.6. The Balaban J connectivity index is 1.61. The Morgan fingerprint density at radius 3 is 2.45 bits per heavy atom. The molecule has 3 rings (SSSR count). The minimum Gasteiger partial charge on any atom is -0.480 e. The normalized spacial score (nSPS) is 22.1. The predicted molar refractivity (Wildman–Crippen MR) is 128 cm³/mol. The van der Waals surface area contributed by atoms with Crippen LogP contribution in [0.4, 0.5) is 4.79 Å². The lowest BCUT2D eigenvalue weighted by Crippen LogP contribution is -2.50. The first kappa shape index (κ1) is 25.2. The van der Waals surface area contributed by atoms with Crippen molar-refractivity contribution >= 4 is 18.1 Å². The summed E-state index contributed by atoms with van der Waals surface area (Å²) in [7, 11) is 0. The van der Waals surface area contributed by atoms with Gasteiger partial charge in [0.1, 0.15) is 12.2 Å². The Hall–Kier alpha value is -2.38. The van der Waals surface area contributed by atoms with Gasteiger partial charge in [0, 0.05) is 37.6 Å². The molecule has 1 aliphatic heterocycles. The summed E-state index contributed by atoms with van der Waals surface area (Å²) in [4.78, 5) is 28.1. The van der Waals surface area contributed by atoms with E-state index in [0.29, 0.717) is 19.1 Å². The summed E-state index contributed by atoms with van der Waals surface area (Å²) in [5.74, 6) is -0.586. The zero-order chi connectivity index (χ0) is 24.0. The highest BCUT2D eigenvalue weighted by Gasteiger charge is 2.48. The fourth-order valence-electron chi connectivity index (χ4n) is 4.54. The maximum atomic E-state index is 13.2. The van der Waals surface area contributed by atoms with Gasteiger partial charge in [-0.15, -0.1) is 0 Å². The van der Waals surface area contributed by atoms with Gasteiger partial charge in [0.05, 0.1) is 6.61 Å². The van der Waals surface area contributed by atoms with Crippen molar-refractivity contribution in [3.05, 3.63) is 41.5 Å². The summed E-state index contributed by atoms with van der Waals surface area (Å²) >= 11 is 0. The number of carboxylic acid groups (broad SMARTS) is 1. The molecule has 1 saturated heterocycles. The molecule has 0 spiro atoms. The van der Waals surface area contributed by atoms with Crippen molar-refractivity contribution in [3.63, 3.8) is 0 Å². The molecule has 1 heterocycles. The van der Waals surface area contributed by atoms with Gasteiger partial charge in [-0.05, 0) is 52.5 Å². The molecule has 1 N–H and O–H groups in total. The largest absolute Gasteiger partial charge is 0.480 e. The molecule has 1 aromatic carbocycles. The Morgan fingerprint density at radius 1 is 1.18 bits per heavy atom. The minimum absolute atomic E-state index is 0.149. The number of hydrogen-bond donors (Lipinski definition) is 1. The highest BCUT2D eigenvalue weighted by molar-refractivity contribution is 5.70. The van der Waals surface area contributed by atoms with Crippen molar-refractivity contribution in [1.82, 2.24) is 9.80 Å². The third kappa shape index (κ3) is 7.86. The van der Waals surface area contributed by atoms with E-state index in [1.807, 2.05) is 43.9 Å². The number of nitrogens with zero attached hydrogens (tertiary/aromatic N) is 2. The molecule has 33 heavy (non-hydrogen) atoms. The minimum atomic E-state index is -0.947. The first-order chi connectivity index (χ1) is 15.6. The summed E-state index contributed by atoms with van der Waals surface area (Å²) in [5.41, 5.74) is 1.95. The number of likely N-dealkylation sites (tertiary alicyclic amines) is 1. The van der Waals surface area contributed by atoms with E-state index in [2.05, 4.69) is 30.0 Å². The van der Waals surface area contributed by atoms with E-state index in [4.69, 9.17) is 14.6 Å². The van der Waals surface area contributed by atoms with Gasteiger partial charge in [0.15, 0.2) is 0 Å². The summed E-state index contributed by atoms with van der Waals surface area (Å²) in [6.07, 6.45) is 4.73. The number of piperidine rings is 1. The van der Waals surface area contributed by atoms with E-state index in [0.717, 1.165) is 32.4 Å². The zero-order valence-electron chi connectivity index (χ0n) is 20.3. The summed E-state index contributed by atoms with van der Waals surface area (Å²) in [6.45, 7) is 10.5. The molecule has 0 aromatic heterocycles. The van der Waals surface area contributed by atoms with Gasteiger partial charge >= 0.3 is 12.1 Å². The highest BCUT2D eigenvalue weighted by Crippen LogP contribution is 2.44. The molecule has 182 valence electrons. The third-order valence-electron chi connectivity index (χ3n) is 6.23. The Labute approximate surface area is 197 Å². The molecule has 1 aromatic rings. The van der Waals surface area contributed by atoms with Crippen molar-refractivity contribution in [2.75, 3.05) is 32.8 Å². The van der Waals surface area contributed by atoms with Crippen LogP contribution in [0.25, 0.3) is 6.08 Å². The van der Waals surface area contributed by atoms with E-state index in [1.165, 1.54) is 11.1 Å². The topological polar surface area (TPSA) is 79.3 Å². The lowest BCUT2D eigenvalue weighted by Gasteiger charge is -2.39. The second-order valence-corrected chi connectivity index (χ2v) is 10.1. The number of hydrogen-bond acceptors (Lipinski definition) is 5. The van der Waals surface area contributed by atoms with E-state index in [-0.39, 0.29) is 24.8 Å². The van der Waals surface area contributed by atoms with E-state index in [1.54, 1.807) is 0 Å². The van der Waals surface area contributed by atoms with Crippen LogP contribution in [0.3, 0.4) is 0 Å². The lowest BCUT2D eigenvalue weighted by molar-refractivity contribution is -0.142. The molecule has 1 aliphatic carbocycles. The second-order valence-electron chi connectivity index (χ2n) is 10.1. The Kier molecular flexibility index (Phi) is 8.54. The summed E-state index contributed by atoms with van der Waals surface area (Å²) < 4.78 is 11.0. The van der Waals surface area contributed by atoms with Crippen LogP contribution in [0.1, 0.15) is 52.5 Å². The van der Waals surface area contributed by atoms with Gasteiger partial charge in [-0.3, -0.25) is 0 Å². The van der Waals surface area contributed by atoms with Crippen LogP contribution in [-0.2, 0) is 14.3 Å². The van der Waals surface area contributed by atoms with Crippen molar-refractivity contribution in [2.24, 2.45) is 5.92 Å². The molecule has 0 radical (unpaired) electrons. The molecular weight excluding hydrogens is 420 g/mol. The number of amides is 1. The quantitative estimate of drug-likeness (QED) is 0.557. The van der Waals surface area contributed by atoms with E-state index >= 15 is 0 Å². The van der Waals surface area contributed by atoms with Crippen LogP contribution in [0.15, 0.2) is 35.9 Å². The molecular formula is C26H38N2O5. The molecule has 2 fully saturated rings. The molecule has 0 bridgehead atoms. The predicted octanol–water partition coefficient (Wildman–Crippen LogP) is 4.28. The van der Waals surface area contributed by atoms with Crippen LogP contribution in [0, 0.1) is 5.92 Å². The van der Waals surface area contributed by atoms with Gasteiger partial charge in [0.2, 0.25) is 0 Å². The number of carbonyl (C=O) groups is 2. The second kappa shape index (κ2) is 11.2. The zero-order valence-corrected chi connectivity index (χ0v) is 20.3. The average Bonchev–Trinajstić information content (AvgIpc) is 3.52. The lowest BCUT2D eigenvalue weighted by atomic mass is 10.0. The number of carbonyl (C=O) groups excluding carboxylic acids is 1. The molecule has 7 heteroatoms. The fraction of sp³-hybridized carbons (Fsp3) is 0.615. The van der Waals surface area contributed by atoms with Gasteiger partial charge < -0.3 is 24.4 Å². The Morgan fingerprint density at radius 2 is 1.85 bits per heavy atom. The molecule has 7 nitrogen and oxygen atoms in total. The van der Waals surface area contributed by atoms with Crippen molar-refractivity contribution in [2.45, 2.75) is 64.6 Å². The first-order valence-electron chi connectivity index (χ1n) is 11.9. The van der Waals surface area contributed by atoms with Crippen molar-refractivity contribution < 1.29 is 24.2 Å². The Bertz CT molecular complexity index is 825. The number of rotatable bonds is 9. The van der Waals surface area contributed by atoms with Gasteiger partial charge in [-0.1, -0.05) is 42.0 Å². The van der Waals surface area contributed by atoms with Gasteiger partial charge in [-0.2, -0.15) is 0 Å². The average molecular weight is 459 g/mol. The van der Waals surface area contributed by atoms with Gasteiger partial charge in [-0.25, -0.2) is 9.59 Å². The standard InChI is InChI=1S/C26H38N2O5/c1-19(16-20-8-6-5-7-9-20)22-17-23(22)28(25(31)33-26(2,3)4)21-10-12-27(13-11-21)14-15-32-18-24(29)30/h5-9,16,21-23H,10-15,17-18H2,1-4H3,(H,29,30)/b19-16+. The maximum Gasteiger partial charge on any atom is 0.410 e. The number of carboxylic acids is 1. The van der Waals surface area contributed by atoms with Crippen LogP contribution in [-0.4, -0.2) is 77.5 Å². The van der Waals surface area contributed by atoms with Crippen molar-refractivity contribution in [1.29, 1.82) is 0 Å². The monoisotopic (exact) mass is 458 g/mol. The highest BCUT2D eigenvalue weighted by atomic mass is 16.6. The summed E-state index contributed by atoms with van der Waals surface area (Å²) in [5, 5.41) is 8.69.